The SMILES string of the molecule is CNC[C@H]1CCCN(S(=O)(=O)c2cccc(S(C)(=O)=O)c2)C1. The summed E-state index contributed by atoms with van der Waals surface area (Å²) in [7, 11) is -5.23. The van der Waals surface area contributed by atoms with Crippen LogP contribution >= 0.6 is 0 Å². The number of hydrogen-bond acceptors (Lipinski definition) is 5. The molecule has 1 fully saturated rings. The predicted molar refractivity (Wildman–Crippen MR) is 85.0 cm³/mol. The lowest BCUT2D eigenvalue weighted by Crippen LogP contribution is -2.42. The Morgan fingerprint density at radius 3 is 2.55 bits per heavy atom. The van der Waals surface area contributed by atoms with Crippen molar-refractivity contribution in [2.75, 3.05) is 32.9 Å². The maximum atomic E-state index is 12.7. The van der Waals surface area contributed by atoms with E-state index in [2.05, 4.69) is 5.32 Å². The smallest absolute Gasteiger partial charge is 0.243 e. The molecule has 0 aromatic heterocycles. The highest BCUT2D eigenvalue weighted by molar-refractivity contribution is 7.91. The first kappa shape index (κ1) is 17.4. The Hall–Kier alpha value is -0.960. The molecule has 1 N–H and O–H groups in total. The summed E-state index contributed by atoms with van der Waals surface area (Å²) in [6.45, 7) is 1.72. The van der Waals surface area contributed by atoms with Crippen LogP contribution in [-0.2, 0) is 19.9 Å². The Labute approximate surface area is 132 Å². The van der Waals surface area contributed by atoms with Crippen LogP contribution in [-0.4, -0.2) is 54.1 Å². The van der Waals surface area contributed by atoms with E-state index in [0.29, 0.717) is 13.1 Å². The van der Waals surface area contributed by atoms with Gasteiger partial charge in [-0.15, -0.1) is 0 Å². The number of benzene rings is 1. The van der Waals surface area contributed by atoms with Crippen molar-refractivity contribution in [3.05, 3.63) is 24.3 Å². The van der Waals surface area contributed by atoms with Gasteiger partial charge in [-0.2, -0.15) is 4.31 Å². The molecule has 1 aliphatic rings. The third-order valence-electron chi connectivity index (χ3n) is 3.85. The fourth-order valence-corrected chi connectivity index (χ4v) is 5.06. The second kappa shape index (κ2) is 6.66. The molecule has 0 aliphatic carbocycles. The van der Waals surface area contributed by atoms with E-state index >= 15 is 0 Å². The number of rotatable bonds is 5. The lowest BCUT2D eigenvalue weighted by molar-refractivity contribution is 0.263. The summed E-state index contributed by atoms with van der Waals surface area (Å²) in [4.78, 5) is 0.0675. The quantitative estimate of drug-likeness (QED) is 0.849. The fourth-order valence-electron chi connectivity index (χ4n) is 2.71. The minimum atomic E-state index is -3.65. The molecule has 2 rings (SSSR count). The highest BCUT2D eigenvalue weighted by Crippen LogP contribution is 2.24. The van der Waals surface area contributed by atoms with Crippen molar-refractivity contribution in [3.63, 3.8) is 0 Å². The first-order chi connectivity index (χ1) is 10.2. The molecular formula is C14H22N2O4S2. The zero-order valence-electron chi connectivity index (χ0n) is 12.8. The Balaban J connectivity index is 2.30. The number of nitrogens with one attached hydrogen (secondary N) is 1. The average molecular weight is 346 g/mol. The molecule has 0 unspecified atom stereocenters. The van der Waals surface area contributed by atoms with Gasteiger partial charge in [0.25, 0.3) is 0 Å². The molecule has 1 atom stereocenters. The zero-order valence-corrected chi connectivity index (χ0v) is 14.5. The molecule has 8 heteroatoms. The number of piperidine rings is 1. The van der Waals surface area contributed by atoms with E-state index in [-0.39, 0.29) is 15.7 Å². The molecule has 1 saturated heterocycles. The average Bonchev–Trinajstić information content (AvgIpc) is 2.47. The second-order valence-electron chi connectivity index (χ2n) is 5.68. The Bertz CT molecular complexity index is 727. The van der Waals surface area contributed by atoms with Gasteiger partial charge in [-0.05, 0) is 50.6 Å². The monoisotopic (exact) mass is 346 g/mol. The van der Waals surface area contributed by atoms with E-state index in [0.717, 1.165) is 25.6 Å². The van der Waals surface area contributed by atoms with Gasteiger partial charge < -0.3 is 5.32 Å². The largest absolute Gasteiger partial charge is 0.319 e. The van der Waals surface area contributed by atoms with Crippen molar-refractivity contribution in [2.45, 2.75) is 22.6 Å². The third-order valence-corrected chi connectivity index (χ3v) is 6.82. The van der Waals surface area contributed by atoms with Crippen LogP contribution in [0.15, 0.2) is 34.1 Å². The van der Waals surface area contributed by atoms with E-state index in [4.69, 9.17) is 0 Å². The second-order valence-corrected chi connectivity index (χ2v) is 9.63. The zero-order chi connectivity index (χ0) is 16.4. The van der Waals surface area contributed by atoms with Crippen LogP contribution in [0.2, 0.25) is 0 Å². The molecule has 1 aromatic rings. The Morgan fingerprint density at radius 2 is 1.91 bits per heavy atom. The van der Waals surface area contributed by atoms with Gasteiger partial charge in [0.2, 0.25) is 10.0 Å². The van der Waals surface area contributed by atoms with Crippen molar-refractivity contribution in [1.82, 2.24) is 9.62 Å². The normalized spacial score (nSPS) is 20.9. The lowest BCUT2D eigenvalue weighted by atomic mass is 10.00. The van der Waals surface area contributed by atoms with Crippen LogP contribution in [0.1, 0.15) is 12.8 Å². The molecule has 22 heavy (non-hydrogen) atoms. The molecule has 0 amide bonds. The number of sulfonamides is 1. The van der Waals surface area contributed by atoms with Crippen molar-refractivity contribution in [1.29, 1.82) is 0 Å². The van der Waals surface area contributed by atoms with Crippen molar-refractivity contribution < 1.29 is 16.8 Å². The van der Waals surface area contributed by atoms with E-state index in [1.807, 2.05) is 7.05 Å². The van der Waals surface area contributed by atoms with Gasteiger partial charge >= 0.3 is 0 Å². The lowest BCUT2D eigenvalue weighted by Gasteiger charge is -2.31. The van der Waals surface area contributed by atoms with Gasteiger partial charge in [-0.25, -0.2) is 16.8 Å². The standard InChI is InChI=1S/C14H22N2O4S2/c1-15-10-12-5-4-8-16(11-12)22(19,20)14-7-3-6-13(9-14)21(2,17)18/h3,6-7,9,12,15H,4-5,8,10-11H2,1-2H3/t12-/m1/s1. The predicted octanol–water partition coefficient (Wildman–Crippen LogP) is 0.710. The summed E-state index contributed by atoms with van der Waals surface area (Å²) in [5, 5.41) is 3.08. The van der Waals surface area contributed by atoms with Crippen molar-refractivity contribution in [3.8, 4) is 0 Å². The topological polar surface area (TPSA) is 83.6 Å². The van der Waals surface area contributed by atoms with Crippen molar-refractivity contribution >= 4 is 19.9 Å². The van der Waals surface area contributed by atoms with Gasteiger partial charge in [0.15, 0.2) is 9.84 Å². The van der Waals surface area contributed by atoms with E-state index in [1.165, 1.54) is 28.6 Å². The third kappa shape index (κ3) is 3.87. The number of hydrogen-bond donors (Lipinski definition) is 1. The minimum absolute atomic E-state index is 0.0253. The van der Waals surface area contributed by atoms with Gasteiger partial charge in [-0.3, -0.25) is 0 Å². The molecule has 1 heterocycles. The van der Waals surface area contributed by atoms with Crippen LogP contribution in [0.5, 0.6) is 0 Å². The maximum absolute atomic E-state index is 12.7. The summed E-state index contributed by atoms with van der Waals surface area (Å²) < 4.78 is 50.1. The van der Waals surface area contributed by atoms with Gasteiger partial charge in [0.05, 0.1) is 9.79 Å². The van der Waals surface area contributed by atoms with Crippen LogP contribution in [0.25, 0.3) is 0 Å². The molecule has 0 saturated carbocycles. The van der Waals surface area contributed by atoms with Crippen LogP contribution in [0.3, 0.4) is 0 Å². The van der Waals surface area contributed by atoms with Gasteiger partial charge in [0.1, 0.15) is 0 Å². The molecule has 0 radical (unpaired) electrons. The summed E-state index contributed by atoms with van der Waals surface area (Å²) in [5.41, 5.74) is 0. The molecule has 0 spiro atoms. The van der Waals surface area contributed by atoms with Crippen LogP contribution in [0, 0.1) is 5.92 Å². The maximum Gasteiger partial charge on any atom is 0.243 e. The molecule has 6 nitrogen and oxygen atoms in total. The minimum Gasteiger partial charge on any atom is -0.319 e. The molecule has 1 aliphatic heterocycles. The molecule has 1 aromatic carbocycles. The van der Waals surface area contributed by atoms with E-state index in [9.17, 15) is 16.8 Å². The highest BCUT2D eigenvalue weighted by atomic mass is 32.2. The van der Waals surface area contributed by atoms with Crippen LogP contribution in [0.4, 0.5) is 0 Å². The first-order valence-electron chi connectivity index (χ1n) is 7.20. The van der Waals surface area contributed by atoms with Crippen molar-refractivity contribution in [2.24, 2.45) is 5.92 Å². The van der Waals surface area contributed by atoms with E-state index in [1.54, 1.807) is 0 Å². The number of sulfone groups is 1. The summed E-state index contributed by atoms with van der Waals surface area (Å²) in [5.74, 6) is 0.284. The number of nitrogens with zero attached hydrogens (tertiary/aromatic N) is 1. The van der Waals surface area contributed by atoms with Crippen LogP contribution < -0.4 is 5.32 Å². The first-order valence-corrected chi connectivity index (χ1v) is 10.5. The Kier molecular flexibility index (Phi) is 5.26. The van der Waals surface area contributed by atoms with Gasteiger partial charge in [0, 0.05) is 19.3 Å². The summed E-state index contributed by atoms with van der Waals surface area (Å²) in [6, 6.07) is 5.57. The highest BCUT2D eigenvalue weighted by Gasteiger charge is 2.30. The molecule has 124 valence electrons. The summed E-state index contributed by atoms with van der Waals surface area (Å²) in [6.07, 6.45) is 2.89. The van der Waals surface area contributed by atoms with E-state index < -0.39 is 19.9 Å². The fraction of sp³-hybridized carbons (Fsp3) is 0.571. The molecular weight excluding hydrogens is 324 g/mol. The summed E-state index contributed by atoms with van der Waals surface area (Å²) >= 11 is 0. The molecule has 0 bridgehead atoms. The Morgan fingerprint density at radius 1 is 1.23 bits per heavy atom. The van der Waals surface area contributed by atoms with Gasteiger partial charge in [-0.1, -0.05) is 6.07 Å².